The van der Waals surface area contributed by atoms with Crippen molar-refractivity contribution in [3.8, 4) is 5.00 Å². The van der Waals surface area contributed by atoms with E-state index in [0.29, 0.717) is 0 Å². The molecule has 0 unspecified atom stereocenters. The Bertz CT molecular complexity index is 788. The van der Waals surface area contributed by atoms with E-state index in [4.69, 9.17) is 4.84 Å². The highest BCUT2D eigenvalue weighted by Gasteiger charge is 2.11. The van der Waals surface area contributed by atoms with Gasteiger partial charge in [-0.25, -0.2) is 4.98 Å². The average molecular weight is 313 g/mol. The Balaban J connectivity index is 1.94. The number of thiophene rings is 1. The summed E-state index contributed by atoms with van der Waals surface area (Å²) >= 11 is 1.72. The molecule has 2 heterocycles. The number of unbranched alkanes of at least 4 members (excludes halogenated alkanes) is 1. The van der Waals surface area contributed by atoms with Crippen molar-refractivity contribution in [2.45, 2.75) is 26.2 Å². The Morgan fingerprint density at radius 1 is 1.27 bits per heavy atom. The third-order valence-corrected chi connectivity index (χ3v) is 4.67. The maximum absolute atomic E-state index is 5.00. The van der Waals surface area contributed by atoms with Crippen molar-refractivity contribution >= 4 is 28.1 Å². The van der Waals surface area contributed by atoms with Crippen LogP contribution in [0.4, 0.5) is 0 Å². The molecule has 5 heteroatoms. The van der Waals surface area contributed by atoms with Crippen LogP contribution in [-0.4, -0.2) is 22.4 Å². The second-order valence-corrected chi connectivity index (χ2v) is 6.13. The Hall–Kier alpha value is -2.14. The molecule has 0 atom stereocenters. The summed E-state index contributed by atoms with van der Waals surface area (Å²) in [5.74, 6) is 0. The maximum atomic E-state index is 5.00. The van der Waals surface area contributed by atoms with Gasteiger partial charge in [-0.3, -0.25) is 4.57 Å². The fraction of sp³-hybridized carbons (Fsp3) is 0.294. The summed E-state index contributed by atoms with van der Waals surface area (Å²) in [4.78, 5) is 10.6. The number of benzene rings is 1. The molecule has 0 fully saturated rings. The van der Waals surface area contributed by atoms with Gasteiger partial charge in [0.15, 0.2) is 0 Å². The van der Waals surface area contributed by atoms with Gasteiger partial charge in [-0.05, 0) is 37.1 Å². The topological polar surface area (TPSA) is 39.4 Å². The van der Waals surface area contributed by atoms with E-state index in [2.05, 4.69) is 39.8 Å². The van der Waals surface area contributed by atoms with Gasteiger partial charge in [-0.2, -0.15) is 0 Å². The van der Waals surface area contributed by atoms with Crippen molar-refractivity contribution in [3.05, 3.63) is 47.6 Å². The zero-order chi connectivity index (χ0) is 15.4. The van der Waals surface area contributed by atoms with Crippen LogP contribution in [0.15, 0.2) is 47.9 Å². The third kappa shape index (κ3) is 2.90. The fourth-order valence-electron chi connectivity index (χ4n) is 2.42. The smallest absolute Gasteiger partial charge is 0.106 e. The Kier molecular flexibility index (Phi) is 4.53. The Morgan fingerprint density at radius 2 is 2.14 bits per heavy atom. The summed E-state index contributed by atoms with van der Waals surface area (Å²) in [6.45, 7) is 2.18. The molecule has 3 aromatic rings. The van der Waals surface area contributed by atoms with Crippen molar-refractivity contribution in [1.29, 1.82) is 0 Å². The van der Waals surface area contributed by atoms with E-state index in [1.165, 1.54) is 0 Å². The van der Waals surface area contributed by atoms with Crippen LogP contribution in [0.1, 0.15) is 31.1 Å². The quantitative estimate of drug-likeness (QED) is 0.492. The lowest BCUT2D eigenvalue weighted by molar-refractivity contribution is 0.213. The zero-order valence-corrected chi connectivity index (χ0v) is 13.6. The molecular formula is C17H19N3OS. The van der Waals surface area contributed by atoms with Gasteiger partial charge in [-0.1, -0.05) is 30.6 Å². The molecule has 22 heavy (non-hydrogen) atoms. The lowest BCUT2D eigenvalue weighted by atomic mass is 10.1. The van der Waals surface area contributed by atoms with Crippen LogP contribution in [0.3, 0.4) is 0 Å². The molecule has 0 N–H and O–H groups in total. The fourth-order valence-corrected chi connectivity index (χ4v) is 3.41. The summed E-state index contributed by atoms with van der Waals surface area (Å²) < 4.78 is 2.12. The number of nitrogens with zero attached hydrogens (tertiary/aromatic N) is 3. The summed E-state index contributed by atoms with van der Waals surface area (Å²) in [7, 11) is 1.60. The minimum Gasteiger partial charge on any atom is -0.399 e. The highest BCUT2D eigenvalue weighted by Crippen LogP contribution is 2.26. The van der Waals surface area contributed by atoms with E-state index in [9.17, 15) is 0 Å². The summed E-state index contributed by atoms with van der Waals surface area (Å²) in [5.41, 5.74) is 3.15. The van der Waals surface area contributed by atoms with Gasteiger partial charge in [-0.15, -0.1) is 11.3 Å². The molecule has 0 amide bonds. The molecular weight excluding hydrogens is 294 g/mol. The van der Waals surface area contributed by atoms with Gasteiger partial charge in [0.05, 0.1) is 21.6 Å². The Labute approximate surface area is 134 Å². The number of para-hydroxylation sites is 2. The SMILES string of the molecule is CCCC/C(=N\OC)c1ccc(-n2cnc3ccccc32)s1. The van der Waals surface area contributed by atoms with Crippen molar-refractivity contribution in [2.75, 3.05) is 7.11 Å². The van der Waals surface area contributed by atoms with Gasteiger partial charge in [0.25, 0.3) is 0 Å². The van der Waals surface area contributed by atoms with Gasteiger partial charge in [0, 0.05) is 0 Å². The maximum Gasteiger partial charge on any atom is 0.106 e. The van der Waals surface area contributed by atoms with E-state index in [1.54, 1.807) is 18.4 Å². The van der Waals surface area contributed by atoms with Crippen LogP contribution in [0.5, 0.6) is 0 Å². The number of rotatable bonds is 6. The predicted molar refractivity (Wildman–Crippen MR) is 92.0 cm³/mol. The first-order valence-electron chi connectivity index (χ1n) is 7.46. The standard InChI is InChI=1S/C17H19N3OS/c1-3-4-7-14(19-21-2)16-10-11-17(22-16)20-12-18-13-8-5-6-9-15(13)20/h5-6,8-12H,3-4,7H2,1-2H3/b19-14+. The lowest BCUT2D eigenvalue weighted by Crippen LogP contribution is -1.98. The number of fused-ring (bicyclic) bond motifs is 1. The summed E-state index contributed by atoms with van der Waals surface area (Å²) in [6.07, 6.45) is 5.07. The number of oxime groups is 1. The minimum atomic E-state index is 0.939. The first kappa shape index (κ1) is 14.8. The second kappa shape index (κ2) is 6.75. The first-order valence-corrected chi connectivity index (χ1v) is 8.28. The van der Waals surface area contributed by atoms with Gasteiger partial charge >= 0.3 is 0 Å². The van der Waals surface area contributed by atoms with Crippen LogP contribution in [0.2, 0.25) is 0 Å². The molecule has 0 aliphatic heterocycles. The summed E-state index contributed by atoms with van der Waals surface area (Å²) in [6, 6.07) is 12.4. The van der Waals surface area contributed by atoms with E-state index in [0.717, 1.165) is 45.9 Å². The molecule has 0 radical (unpaired) electrons. The number of imidazole rings is 1. The third-order valence-electron chi connectivity index (χ3n) is 3.54. The molecule has 114 valence electrons. The minimum absolute atomic E-state index is 0.939. The molecule has 2 aromatic heterocycles. The van der Waals surface area contributed by atoms with E-state index >= 15 is 0 Å². The predicted octanol–water partition coefficient (Wildman–Crippen LogP) is 4.63. The van der Waals surface area contributed by atoms with Gasteiger partial charge in [0.2, 0.25) is 0 Å². The van der Waals surface area contributed by atoms with Gasteiger partial charge in [0.1, 0.15) is 18.4 Å². The number of hydrogen-bond donors (Lipinski definition) is 0. The number of hydrogen-bond acceptors (Lipinski definition) is 4. The molecule has 0 aliphatic carbocycles. The molecule has 0 spiro atoms. The van der Waals surface area contributed by atoms with Crippen molar-refractivity contribution in [1.82, 2.24) is 9.55 Å². The van der Waals surface area contributed by atoms with Crippen LogP contribution >= 0.6 is 11.3 Å². The largest absolute Gasteiger partial charge is 0.399 e. The van der Waals surface area contributed by atoms with E-state index in [-0.39, 0.29) is 0 Å². The van der Waals surface area contributed by atoms with Crippen molar-refractivity contribution in [2.24, 2.45) is 5.16 Å². The van der Waals surface area contributed by atoms with Crippen molar-refractivity contribution in [3.63, 3.8) is 0 Å². The van der Waals surface area contributed by atoms with Crippen LogP contribution in [-0.2, 0) is 4.84 Å². The average Bonchev–Trinajstić information content (AvgIpc) is 3.17. The van der Waals surface area contributed by atoms with E-state index < -0.39 is 0 Å². The zero-order valence-electron chi connectivity index (χ0n) is 12.8. The van der Waals surface area contributed by atoms with Crippen LogP contribution in [0.25, 0.3) is 16.0 Å². The highest BCUT2D eigenvalue weighted by molar-refractivity contribution is 7.16. The molecule has 0 aliphatic rings. The number of aromatic nitrogens is 2. The molecule has 1 aromatic carbocycles. The highest BCUT2D eigenvalue weighted by atomic mass is 32.1. The normalized spacial score (nSPS) is 12.0. The summed E-state index contributed by atoms with van der Waals surface area (Å²) in [5, 5.41) is 5.33. The lowest BCUT2D eigenvalue weighted by Gasteiger charge is -2.02. The molecule has 4 nitrogen and oxygen atoms in total. The monoisotopic (exact) mass is 313 g/mol. The van der Waals surface area contributed by atoms with Gasteiger partial charge < -0.3 is 4.84 Å². The molecule has 0 saturated heterocycles. The van der Waals surface area contributed by atoms with Crippen LogP contribution < -0.4 is 0 Å². The Morgan fingerprint density at radius 3 is 2.95 bits per heavy atom. The second-order valence-electron chi connectivity index (χ2n) is 5.07. The molecule has 0 bridgehead atoms. The van der Waals surface area contributed by atoms with Crippen molar-refractivity contribution < 1.29 is 4.84 Å². The van der Waals surface area contributed by atoms with E-state index in [1.807, 2.05) is 24.5 Å². The molecule has 3 rings (SSSR count). The van der Waals surface area contributed by atoms with Crippen LogP contribution in [0, 0.1) is 0 Å². The molecule has 0 saturated carbocycles. The first-order chi connectivity index (χ1) is 10.8.